The van der Waals surface area contributed by atoms with Gasteiger partial charge in [-0.25, -0.2) is 0 Å². The van der Waals surface area contributed by atoms with Crippen LogP contribution in [-0.4, -0.2) is 9.13 Å². The molecule has 2 nitrogen and oxygen atoms in total. The fourth-order valence-corrected chi connectivity index (χ4v) is 7.27. The zero-order chi connectivity index (χ0) is 29.4. The zero-order valence-corrected chi connectivity index (χ0v) is 24.8. The van der Waals surface area contributed by atoms with Gasteiger partial charge in [-0.1, -0.05) is 120 Å². The van der Waals surface area contributed by atoms with Gasteiger partial charge in [0.05, 0.1) is 22.4 Å². The van der Waals surface area contributed by atoms with Crippen molar-refractivity contribution in [2.24, 2.45) is 0 Å². The maximum Gasteiger partial charge on any atom is 0.0625 e. The predicted molar refractivity (Wildman–Crippen MR) is 185 cm³/mol. The Morgan fingerprint density at radius 3 is 1.09 bits per heavy atom. The Bertz CT molecular complexity index is 2210. The highest BCUT2D eigenvalue weighted by Gasteiger charge is 2.31. The molecule has 8 aromatic rings. The minimum atomic E-state index is 1.17. The zero-order valence-electron chi connectivity index (χ0n) is 24.8. The van der Waals surface area contributed by atoms with Crippen LogP contribution in [0.3, 0.4) is 0 Å². The molecule has 2 heterocycles. The Morgan fingerprint density at radius 2 is 0.682 bits per heavy atom. The van der Waals surface area contributed by atoms with E-state index < -0.39 is 0 Å². The third-order valence-corrected chi connectivity index (χ3v) is 9.24. The Balaban J connectivity index is 1.52. The molecule has 6 aromatic carbocycles. The maximum atomic E-state index is 2.48. The summed E-state index contributed by atoms with van der Waals surface area (Å²) >= 11 is 0. The van der Waals surface area contributed by atoms with Gasteiger partial charge in [-0.05, 0) is 61.4 Å². The van der Waals surface area contributed by atoms with Gasteiger partial charge in [0.15, 0.2) is 0 Å². The minimum absolute atomic E-state index is 1.17. The first-order valence-electron chi connectivity index (χ1n) is 15.3. The van der Waals surface area contributed by atoms with E-state index in [1.165, 1.54) is 89.1 Å². The van der Waals surface area contributed by atoms with Crippen LogP contribution in [0.15, 0.2) is 146 Å². The molecule has 0 spiro atoms. The molecule has 0 saturated carbocycles. The van der Waals surface area contributed by atoms with Crippen molar-refractivity contribution in [1.82, 2.24) is 9.13 Å². The number of hydrogen-bond acceptors (Lipinski definition) is 0. The van der Waals surface area contributed by atoms with Crippen molar-refractivity contribution in [2.75, 3.05) is 0 Å². The summed E-state index contributed by atoms with van der Waals surface area (Å²) in [6.07, 6.45) is 0. The van der Waals surface area contributed by atoms with Crippen LogP contribution in [0.4, 0.5) is 0 Å². The monoisotopic (exact) mass is 562 g/mol. The molecule has 1 aliphatic carbocycles. The summed E-state index contributed by atoms with van der Waals surface area (Å²) in [6.45, 7) is 4.30. The lowest BCUT2D eigenvalue weighted by atomic mass is 9.84. The smallest absolute Gasteiger partial charge is 0.0625 e. The van der Waals surface area contributed by atoms with Crippen molar-refractivity contribution in [3.8, 4) is 56.1 Å². The number of aromatic nitrogens is 2. The van der Waals surface area contributed by atoms with Crippen molar-refractivity contribution in [3.63, 3.8) is 0 Å². The van der Waals surface area contributed by atoms with Gasteiger partial charge < -0.3 is 9.13 Å². The molecular weight excluding hydrogens is 532 g/mol. The van der Waals surface area contributed by atoms with E-state index in [1.54, 1.807) is 0 Å². The molecule has 0 saturated heterocycles. The molecule has 2 aromatic heterocycles. The van der Waals surface area contributed by atoms with Gasteiger partial charge in [0.25, 0.3) is 0 Å². The number of para-hydroxylation sites is 2. The van der Waals surface area contributed by atoms with E-state index in [1.807, 2.05) is 0 Å². The molecule has 0 radical (unpaired) electrons. The first-order valence-corrected chi connectivity index (χ1v) is 15.3. The van der Waals surface area contributed by atoms with Crippen molar-refractivity contribution < 1.29 is 0 Å². The van der Waals surface area contributed by atoms with Gasteiger partial charge in [0.2, 0.25) is 0 Å². The molecule has 2 heteroatoms. The number of rotatable bonds is 2. The second kappa shape index (κ2) is 9.45. The molecule has 208 valence electrons. The molecule has 0 bridgehead atoms. The first-order chi connectivity index (χ1) is 21.7. The Kier molecular flexibility index (Phi) is 5.36. The van der Waals surface area contributed by atoms with E-state index >= 15 is 0 Å². The van der Waals surface area contributed by atoms with Gasteiger partial charge >= 0.3 is 0 Å². The summed E-state index contributed by atoms with van der Waals surface area (Å²) in [5.41, 5.74) is 17.3. The minimum Gasteiger partial charge on any atom is -0.309 e. The summed E-state index contributed by atoms with van der Waals surface area (Å²) in [7, 11) is 0. The summed E-state index contributed by atoms with van der Waals surface area (Å²) in [6, 6.07) is 53.6. The SMILES string of the molecule is Cc1ccc(-n2c3c(c4ccccc42)-c2ccccc2-c2c(c4ccccc4n2-c2ccc(C)cc2)-c2ccccc2-3)cc1. The van der Waals surface area contributed by atoms with Gasteiger partial charge in [0.1, 0.15) is 0 Å². The number of benzene rings is 6. The van der Waals surface area contributed by atoms with Gasteiger partial charge in [-0.2, -0.15) is 0 Å². The van der Waals surface area contributed by atoms with E-state index in [0.717, 1.165) is 0 Å². The Labute approximate surface area is 257 Å². The third kappa shape index (κ3) is 3.49. The number of fused-ring (bicyclic) bond motifs is 12. The van der Waals surface area contributed by atoms with Gasteiger partial charge in [-0.15, -0.1) is 0 Å². The molecule has 0 fully saturated rings. The lowest BCUT2D eigenvalue weighted by Crippen LogP contribution is -2.03. The Morgan fingerprint density at radius 1 is 0.341 bits per heavy atom. The second-order valence-electron chi connectivity index (χ2n) is 11.9. The lowest BCUT2D eigenvalue weighted by molar-refractivity contribution is 1.12. The van der Waals surface area contributed by atoms with E-state index in [4.69, 9.17) is 0 Å². The van der Waals surface area contributed by atoms with Crippen molar-refractivity contribution in [2.45, 2.75) is 13.8 Å². The van der Waals surface area contributed by atoms with Crippen LogP contribution >= 0.6 is 0 Å². The fraction of sp³-hybridized carbons (Fsp3) is 0.0476. The van der Waals surface area contributed by atoms with E-state index in [9.17, 15) is 0 Å². The number of hydrogen-bond donors (Lipinski definition) is 0. The van der Waals surface area contributed by atoms with Gasteiger partial charge in [-0.3, -0.25) is 0 Å². The summed E-state index contributed by atoms with van der Waals surface area (Å²) in [4.78, 5) is 0. The van der Waals surface area contributed by atoms with Crippen LogP contribution < -0.4 is 0 Å². The molecule has 0 atom stereocenters. The van der Waals surface area contributed by atoms with Gasteiger partial charge in [0, 0.05) is 44.4 Å². The standard InChI is InChI=1S/C42H30N2/c1-27-19-23-29(24-20-27)43-37-17-9-7-15-35(37)39-32-12-4-6-14-34(32)42-40(31-11-3-5-13-33(31)41(39)43)36-16-8-10-18-38(36)44(42)30-25-21-28(2)22-26-30/h3-26H,1-2H3. The normalized spacial score (nSPS) is 11.9. The molecular formula is C42H30N2. The predicted octanol–water partition coefficient (Wildman–Crippen LogP) is 11.2. The fourth-order valence-electron chi connectivity index (χ4n) is 7.27. The molecule has 0 N–H and O–H groups in total. The average molecular weight is 563 g/mol. The van der Waals surface area contributed by atoms with Crippen molar-refractivity contribution in [3.05, 3.63) is 157 Å². The highest BCUT2D eigenvalue weighted by molar-refractivity contribution is 6.17. The third-order valence-electron chi connectivity index (χ3n) is 9.24. The van der Waals surface area contributed by atoms with Crippen molar-refractivity contribution in [1.29, 1.82) is 0 Å². The lowest BCUT2D eigenvalue weighted by Gasteiger charge is -2.23. The van der Waals surface area contributed by atoms with Crippen LogP contribution in [0, 0.1) is 13.8 Å². The second-order valence-corrected chi connectivity index (χ2v) is 11.9. The van der Waals surface area contributed by atoms with Crippen molar-refractivity contribution >= 4 is 21.8 Å². The first kappa shape index (κ1) is 24.9. The van der Waals surface area contributed by atoms with Crippen LogP contribution in [0.5, 0.6) is 0 Å². The molecule has 44 heavy (non-hydrogen) atoms. The molecule has 0 unspecified atom stereocenters. The van der Waals surface area contributed by atoms with Crippen LogP contribution in [-0.2, 0) is 0 Å². The van der Waals surface area contributed by atoms with E-state index in [2.05, 4.69) is 169 Å². The van der Waals surface area contributed by atoms with Crippen LogP contribution in [0.1, 0.15) is 11.1 Å². The topological polar surface area (TPSA) is 9.86 Å². The summed E-state index contributed by atoms with van der Waals surface area (Å²) in [5.74, 6) is 0. The summed E-state index contributed by atoms with van der Waals surface area (Å²) in [5, 5.41) is 2.51. The van der Waals surface area contributed by atoms with Crippen LogP contribution in [0.25, 0.3) is 77.9 Å². The Hall–Kier alpha value is -5.60. The van der Waals surface area contributed by atoms with E-state index in [-0.39, 0.29) is 0 Å². The largest absolute Gasteiger partial charge is 0.309 e. The summed E-state index contributed by atoms with van der Waals surface area (Å²) < 4.78 is 4.95. The quantitative estimate of drug-likeness (QED) is 0.198. The highest BCUT2D eigenvalue weighted by atomic mass is 15.0. The van der Waals surface area contributed by atoms with E-state index in [0.29, 0.717) is 0 Å². The maximum absolute atomic E-state index is 2.48. The average Bonchev–Trinajstić information content (AvgIpc) is 3.58. The number of nitrogens with zero attached hydrogens (tertiary/aromatic N) is 2. The molecule has 0 aliphatic heterocycles. The van der Waals surface area contributed by atoms with Crippen LogP contribution in [0.2, 0.25) is 0 Å². The molecule has 9 rings (SSSR count). The highest BCUT2D eigenvalue weighted by Crippen LogP contribution is 2.54. The molecule has 0 amide bonds. The number of aryl methyl sites for hydroxylation is 2. The molecule has 1 aliphatic rings.